The van der Waals surface area contributed by atoms with E-state index in [2.05, 4.69) is 36.6 Å². The molecule has 0 aromatic carbocycles. The van der Waals surface area contributed by atoms with E-state index in [4.69, 9.17) is 0 Å². The summed E-state index contributed by atoms with van der Waals surface area (Å²) < 4.78 is 0. The molecule has 1 rings (SSSR count). The summed E-state index contributed by atoms with van der Waals surface area (Å²) in [6, 6.07) is 0. The van der Waals surface area contributed by atoms with Crippen LogP contribution in [0.25, 0.3) is 0 Å². The van der Waals surface area contributed by atoms with Crippen molar-refractivity contribution in [2.45, 2.75) is 19.8 Å². The molecule has 0 atom stereocenters. The first kappa shape index (κ1) is 10.1. The molecule has 12 heavy (non-hydrogen) atoms. The zero-order chi connectivity index (χ0) is 8.81. The second-order valence-electron chi connectivity index (χ2n) is 3.45. The number of hydrogen-bond donors (Lipinski definition) is 1. The number of rotatable bonds is 6. The molecule has 70 valence electrons. The predicted octanol–water partition coefficient (Wildman–Crippen LogP) is 2.20. The Morgan fingerprint density at radius 2 is 2.17 bits per heavy atom. The van der Waals surface area contributed by atoms with Crippen LogP contribution >= 0.6 is 12.6 Å². The summed E-state index contributed by atoms with van der Waals surface area (Å²) in [5.41, 5.74) is 0. The third kappa shape index (κ3) is 4.17. The van der Waals surface area contributed by atoms with Crippen molar-refractivity contribution < 1.29 is 0 Å². The fraction of sp³-hybridized carbons (Fsp3) is 0.800. The van der Waals surface area contributed by atoms with Gasteiger partial charge in [-0.1, -0.05) is 19.1 Å². The maximum atomic E-state index is 4.13. The second kappa shape index (κ2) is 5.65. The Balaban J connectivity index is 2.10. The minimum absolute atomic E-state index is 0.862. The first-order valence-electron chi connectivity index (χ1n) is 4.85. The number of thiol groups is 1. The molecule has 1 aliphatic rings. The lowest BCUT2D eigenvalue weighted by atomic mass is 10.3. The summed E-state index contributed by atoms with van der Waals surface area (Å²) in [4.78, 5) is 2.50. The Morgan fingerprint density at radius 3 is 2.67 bits per heavy atom. The van der Waals surface area contributed by atoms with E-state index in [1.807, 2.05) is 0 Å². The van der Waals surface area contributed by atoms with Crippen LogP contribution < -0.4 is 0 Å². The van der Waals surface area contributed by atoms with Gasteiger partial charge in [0.25, 0.3) is 0 Å². The highest BCUT2D eigenvalue weighted by Crippen LogP contribution is 2.29. The van der Waals surface area contributed by atoms with Gasteiger partial charge in [0, 0.05) is 18.8 Å². The van der Waals surface area contributed by atoms with E-state index in [1.165, 1.54) is 25.9 Å². The molecule has 1 saturated carbocycles. The van der Waals surface area contributed by atoms with Crippen LogP contribution in [0, 0.1) is 5.92 Å². The number of nitrogens with zero attached hydrogens (tertiary/aromatic N) is 1. The lowest BCUT2D eigenvalue weighted by Crippen LogP contribution is -2.25. The van der Waals surface area contributed by atoms with Crippen LogP contribution in [0.4, 0.5) is 0 Å². The van der Waals surface area contributed by atoms with Crippen LogP contribution in [-0.2, 0) is 0 Å². The first-order valence-corrected chi connectivity index (χ1v) is 5.48. The van der Waals surface area contributed by atoms with Crippen molar-refractivity contribution in [3.63, 3.8) is 0 Å². The molecule has 0 aliphatic heterocycles. The van der Waals surface area contributed by atoms with E-state index in [9.17, 15) is 0 Å². The second-order valence-corrected chi connectivity index (χ2v) is 3.81. The monoisotopic (exact) mass is 185 g/mol. The summed E-state index contributed by atoms with van der Waals surface area (Å²) in [7, 11) is 0. The molecule has 0 amide bonds. The van der Waals surface area contributed by atoms with E-state index < -0.39 is 0 Å². The van der Waals surface area contributed by atoms with E-state index in [0.29, 0.717) is 0 Å². The highest BCUT2D eigenvalue weighted by Gasteiger charge is 2.22. The van der Waals surface area contributed by atoms with Gasteiger partial charge in [-0.2, -0.15) is 12.6 Å². The molecule has 0 spiro atoms. The van der Waals surface area contributed by atoms with Gasteiger partial charge in [-0.05, 0) is 25.3 Å². The minimum atomic E-state index is 0.862. The lowest BCUT2D eigenvalue weighted by molar-refractivity contribution is 0.306. The standard InChI is InChI=1S/C10H19NS/c1-2-11(7-3-4-8-12)9-10-5-6-10/h3-4,10,12H,2,5-9H2,1H3. The quantitative estimate of drug-likeness (QED) is 0.490. The van der Waals surface area contributed by atoms with Crippen LogP contribution in [0.3, 0.4) is 0 Å². The van der Waals surface area contributed by atoms with Gasteiger partial charge in [0.15, 0.2) is 0 Å². The Bertz CT molecular complexity index is 141. The highest BCUT2D eigenvalue weighted by molar-refractivity contribution is 7.80. The van der Waals surface area contributed by atoms with Crippen LogP contribution in [0.5, 0.6) is 0 Å². The van der Waals surface area contributed by atoms with Crippen molar-refractivity contribution in [3.8, 4) is 0 Å². The molecule has 0 aromatic rings. The molecule has 1 aliphatic carbocycles. The third-order valence-corrected chi connectivity index (χ3v) is 2.51. The molecule has 0 heterocycles. The topological polar surface area (TPSA) is 3.24 Å². The average molecular weight is 185 g/mol. The molecule has 0 bridgehead atoms. The van der Waals surface area contributed by atoms with Crippen molar-refractivity contribution in [3.05, 3.63) is 12.2 Å². The number of hydrogen-bond acceptors (Lipinski definition) is 2. The van der Waals surface area contributed by atoms with Crippen molar-refractivity contribution in [2.24, 2.45) is 5.92 Å². The lowest BCUT2D eigenvalue weighted by Gasteiger charge is -2.17. The van der Waals surface area contributed by atoms with Gasteiger partial charge in [-0.3, -0.25) is 4.90 Å². The van der Waals surface area contributed by atoms with Crippen molar-refractivity contribution >= 4 is 12.6 Å². The largest absolute Gasteiger partial charge is 0.300 e. The van der Waals surface area contributed by atoms with Gasteiger partial charge >= 0.3 is 0 Å². The van der Waals surface area contributed by atoms with E-state index in [-0.39, 0.29) is 0 Å². The molecule has 1 nitrogen and oxygen atoms in total. The fourth-order valence-corrected chi connectivity index (χ4v) is 1.45. The molecule has 0 unspecified atom stereocenters. The number of likely N-dealkylation sites (N-methyl/N-ethyl adjacent to an activating group) is 1. The van der Waals surface area contributed by atoms with Crippen LogP contribution in [0.15, 0.2) is 12.2 Å². The first-order chi connectivity index (χ1) is 5.86. The van der Waals surface area contributed by atoms with Gasteiger partial charge in [0.2, 0.25) is 0 Å². The zero-order valence-corrected chi connectivity index (χ0v) is 8.76. The highest BCUT2D eigenvalue weighted by atomic mass is 32.1. The molecule has 1 fully saturated rings. The Hall–Kier alpha value is 0.0500. The zero-order valence-electron chi connectivity index (χ0n) is 7.87. The van der Waals surface area contributed by atoms with E-state index in [1.54, 1.807) is 0 Å². The Kier molecular flexibility index (Phi) is 4.77. The van der Waals surface area contributed by atoms with Gasteiger partial charge in [0.1, 0.15) is 0 Å². The SMILES string of the molecule is CCN(CC=CCS)CC1CC1. The molecule has 0 saturated heterocycles. The van der Waals surface area contributed by atoms with Gasteiger partial charge in [-0.15, -0.1) is 0 Å². The molecular weight excluding hydrogens is 166 g/mol. The van der Waals surface area contributed by atoms with Crippen molar-refractivity contribution in [2.75, 3.05) is 25.4 Å². The van der Waals surface area contributed by atoms with Crippen molar-refractivity contribution in [1.29, 1.82) is 0 Å². The molecular formula is C10H19NS. The Labute approximate surface area is 81.2 Å². The minimum Gasteiger partial charge on any atom is -0.300 e. The van der Waals surface area contributed by atoms with E-state index in [0.717, 1.165) is 18.2 Å². The average Bonchev–Trinajstić information content (AvgIpc) is 2.87. The maximum Gasteiger partial charge on any atom is 0.0163 e. The smallest absolute Gasteiger partial charge is 0.0163 e. The summed E-state index contributed by atoms with van der Waals surface area (Å²) in [5.74, 6) is 1.87. The third-order valence-electron chi connectivity index (χ3n) is 2.30. The van der Waals surface area contributed by atoms with Gasteiger partial charge in [-0.25, -0.2) is 0 Å². The van der Waals surface area contributed by atoms with Crippen molar-refractivity contribution in [1.82, 2.24) is 4.90 Å². The summed E-state index contributed by atoms with van der Waals surface area (Å²) in [6.07, 6.45) is 7.25. The van der Waals surface area contributed by atoms with Gasteiger partial charge in [0.05, 0.1) is 0 Å². The fourth-order valence-electron chi connectivity index (χ4n) is 1.30. The van der Waals surface area contributed by atoms with Crippen LogP contribution in [0.1, 0.15) is 19.8 Å². The normalized spacial score (nSPS) is 17.9. The molecule has 0 aromatic heterocycles. The van der Waals surface area contributed by atoms with E-state index >= 15 is 0 Å². The predicted molar refractivity (Wildman–Crippen MR) is 57.8 cm³/mol. The van der Waals surface area contributed by atoms with Gasteiger partial charge < -0.3 is 0 Å². The molecule has 2 heteroatoms. The van der Waals surface area contributed by atoms with Crippen LogP contribution in [-0.4, -0.2) is 30.3 Å². The summed E-state index contributed by atoms with van der Waals surface area (Å²) >= 11 is 4.13. The summed E-state index contributed by atoms with van der Waals surface area (Å²) in [6.45, 7) is 5.81. The maximum absolute atomic E-state index is 4.13. The molecule has 0 radical (unpaired) electrons. The molecule has 0 N–H and O–H groups in total. The van der Waals surface area contributed by atoms with Crippen LogP contribution in [0.2, 0.25) is 0 Å². The summed E-state index contributed by atoms with van der Waals surface area (Å²) in [5, 5.41) is 0. The Morgan fingerprint density at radius 1 is 1.42 bits per heavy atom.